The Bertz CT molecular complexity index is 530. The Morgan fingerprint density at radius 1 is 1.43 bits per heavy atom. The highest BCUT2D eigenvalue weighted by Crippen LogP contribution is 2.12. The van der Waals surface area contributed by atoms with Crippen molar-refractivity contribution in [3.8, 4) is 0 Å². The van der Waals surface area contributed by atoms with Gasteiger partial charge in [0.2, 0.25) is 5.43 Å². The van der Waals surface area contributed by atoms with E-state index >= 15 is 0 Å². The van der Waals surface area contributed by atoms with Crippen LogP contribution in [0.1, 0.15) is 12.5 Å². The van der Waals surface area contributed by atoms with E-state index in [4.69, 9.17) is 0 Å². The topological polar surface area (TPSA) is 32.9 Å². The van der Waals surface area contributed by atoms with Crippen LogP contribution in [0.25, 0.3) is 10.9 Å². The van der Waals surface area contributed by atoms with Crippen LogP contribution >= 0.6 is 22.6 Å². The first-order valence-corrected chi connectivity index (χ1v) is 5.60. The molecule has 0 spiro atoms. The number of rotatable bonds is 1. The van der Waals surface area contributed by atoms with Crippen molar-refractivity contribution in [2.24, 2.45) is 0 Å². The molecule has 0 saturated heterocycles. The third kappa shape index (κ3) is 1.56. The van der Waals surface area contributed by atoms with E-state index in [1.165, 1.54) is 5.56 Å². The van der Waals surface area contributed by atoms with Crippen molar-refractivity contribution in [2.75, 3.05) is 0 Å². The molecule has 0 aliphatic heterocycles. The van der Waals surface area contributed by atoms with E-state index in [2.05, 4.69) is 34.5 Å². The number of halogens is 1. The van der Waals surface area contributed by atoms with Crippen molar-refractivity contribution < 1.29 is 0 Å². The van der Waals surface area contributed by atoms with Crippen LogP contribution in [-0.2, 0) is 6.42 Å². The summed E-state index contributed by atoms with van der Waals surface area (Å²) in [5.41, 5.74) is 2.23. The smallest absolute Gasteiger partial charge is 0.202 e. The van der Waals surface area contributed by atoms with Gasteiger partial charge in [-0.25, -0.2) is 0 Å². The Morgan fingerprint density at radius 2 is 2.21 bits per heavy atom. The highest BCUT2D eigenvalue weighted by atomic mass is 127. The summed E-state index contributed by atoms with van der Waals surface area (Å²) in [5, 5.41) is 0.788. The molecule has 0 amide bonds. The van der Waals surface area contributed by atoms with Crippen LogP contribution in [0.15, 0.2) is 29.2 Å². The molecule has 2 nitrogen and oxygen atoms in total. The normalized spacial score (nSPS) is 10.7. The van der Waals surface area contributed by atoms with E-state index in [0.29, 0.717) is 0 Å². The molecule has 1 heterocycles. The lowest BCUT2D eigenvalue weighted by Crippen LogP contribution is -2.06. The van der Waals surface area contributed by atoms with Crippen molar-refractivity contribution in [3.63, 3.8) is 0 Å². The largest absolute Gasteiger partial charge is 0.360 e. The average molecular weight is 299 g/mol. The van der Waals surface area contributed by atoms with Crippen molar-refractivity contribution in [1.29, 1.82) is 0 Å². The van der Waals surface area contributed by atoms with Crippen LogP contribution < -0.4 is 5.43 Å². The van der Waals surface area contributed by atoms with Crippen molar-refractivity contribution in [2.45, 2.75) is 13.3 Å². The Hall–Kier alpha value is -0.840. The molecule has 0 radical (unpaired) electrons. The molecule has 2 rings (SSSR count). The second-order valence-electron chi connectivity index (χ2n) is 3.20. The number of fused-ring (bicyclic) bond motifs is 1. The zero-order valence-corrected chi connectivity index (χ0v) is 9.96. The maximum atomic E-state index is 11.8. The molecule has 0 aliphatic carbocycles. The van der Waals surface area contributed by atoms with Gasteiger partial charge >= 0.3 is 0 Å². The van der Waals surface area contributed by atoms with E-state index in [-0.39, 0.29) is 5.43 Å². The molecule has 0 atom stereocenters. The van der Waals surface area contributed by atoms with E-state index in [0.717, 1.165) is 20.9 Å². The van der Waals surface area contributed by atoms with Crippen LogP contribution in [0.5, 0.6) is 0 Å². The van der Waals surface area contributed by atoms with Gasteiger partial charge in [0.15, 0.2) is 0 Å². The quantitative estimate of drug-likeness (QED) is 0.807. The zero-order valence-electron chi connectivity index (χ0n) is 7.80. The Labute approximate surface area is 95.5 Å². The summed E-state index contributed by atoms with van der Waals surface area (Å²) in [6, 6.07) is 5.98. The molecule has 2 aromatic rings. The minimum atomic E-state index is 0.120. The molecule has 1 aromatic carbocycles. The van der Waals surface area contributed by atoms with E-state index in [1.807, 2.05) is 18.2 Å². The number of benzene rings is 1. The lowest BCUT2D eigenvalue weighted by Gasteiger charge is -2.01. The van der Waals surface area contributed by atoms with Gasteiger partial charge < -0.3 is 4.98 Å². The summed E-state index contributed by atoms with van der Waals surface area (Å²) in [4.78, 5) is 14.9. The summed E-state index contributed by atoms with van der Waals surface area (Å²) in [5.74, 6) is 0. The van der Waals surface area contributed by atoms with Crippen molar-refractivity contribution >= 4 is 33.5 Å². The van der Waals surface area contributed by atoms with Gasteiger partial charge in [0.25, 0.3) is 0 Å². The SMILES string of the molecule is CCc1ccc2[nH]cc(I)c(=O)c2c1. The van der Waals surface area contributed by atoms with Gasteiger partial charge in [0.05, 0.1) is 3.57 Å². The Morgan fingerprint density at radius 3 is 2.93 bits per heavy atom. The first-order valence-electron chi connectivity index (χ1n) is 4.52. The summed E-state index contributed by atoms with van der Waals surface area (Å²) in [6.07, 6.45) is 2.71. The summed E-state index contributed by atoms with van der Waals surface area (Å²) in [7, 11) is 0. The monoisotopic (exact) mass is 299 g/mol. The number of aryl methyl sites for hydroxylation is 1. The fourth-order valence-corrected chi connectivity index (χ4v) is 1.91. The van der Waals surface area contributed by atoms with Gasteiger partial charge in [-0.1, -0.05) is 13.0 Å². The van der Waals surface area contributed by atoms with Gasteiger partial charge in [-0.3, -0.25) is 4.79 Å². The molecule has 0 bridgehead atoms. The summed E-state index contributed by atoms with van der Waals surface area (Å²) in [6.45, 7) is 2.09. The van der Waals surface area contributed by atoms with Crippen molar-refractivity contribution in [3.05, 3.63) is 43.8 Å². The predicted molar refractivity (Wildman–Crippen MR) is 66.7 cm³/mol. The molecular weight excluding hydrogens is 289 g/mol. The van der Waals surface area contributed by atoms with Gasteiger partial charge in [-0.2, -0.15) is 0 Å². The minimum Gasteiger partial charge on any atom is -0.360 e. The summed E-state index contributed by atoms with van der Waals surface area (Å²) >= 11 is 2.05. The molecule has 1 aromatic heterocycles. The number of hydrogen-bond acceptors (Lipinski definition) is 1. The van der Waals surface area contributed by atoms with E-state index in [9.17, 15) is 4.79 Å². The van der Waals surface area contributed by atoms with Crippen LogP contribution in [0.4, 0.5) is 0 Å². The van der Waals surface area contributed by atoms with Gasteiger partial charge in [-0.15, -0.1) is 0 Å². The lowest BCUT2D eigenvalue weighted by atomic mass is 10.1. The molecule has 72 valence electrons. The van der Waals surface area contributed by atoms with Gasteiger partial charge in [-0.05, 0) is 46.7 Å². The molecule has 0 fully saturated rings. The number of H-pyrrole nitrogens is 1. The maximum absolute atomic E-state index is 11.8. The number of nitrogens with one attached hydrogen (secondary N) is 1. The predicted octanol–water partition coefficient (Wildman–Crippen LogP) is 2.70. The standard InChI is InChI=1S/C11H10INO/c1-2-7-3-4-10-8(5-7)11(14)9(12)6-13-10/h3-6H,2H2,1H3,(H,13,14). The van der Waals surface area contributed by atoms with Crippen LogP contribution in [-0.4, -0.2) is 4.98 Å². The molecule has 0 aliphatic rings. The third-order valence-electron chi connectivity index (χ3n) is 2.31. The second kappa shape index (κ2) is 3.73. The van der Waals surface area contributed by atoms with Crippen LogP contribution in [0.2, 0.25) is 0 Å². The van der Waals surface area contributed by atoms with Gasteiger partial charge in [0.1, 0.15) is 0 Å². The average Bonchev–Trinajstić information content (AvgIpc) is 2.23. The number of pyridine rings is 1. The fraction of sp³-hybridized carbons (Fsp3) is 0.182. The molecular formula is C11H10INO. The zero-order chi connectivity index (χ0) is 10.1. The van der Waals surface area contributed by atoms with E-state index in [1.54, 1.807) is 6.20 Å². The highest BCUT2D eigenvalue weighted by Gasteiger charge is 2.02. The van der Waals surface area contributed by atoms with Crippen molar-refractivity contribution in [1.82, 2.24) is 4.98 Å². The molecule has 3 heteroatoms. The van der Waals surface area contributed by atoms with Crippen LogP contribution in [0, 0.1) is 3.57 Å². The molecule has 0 unspecified atom stereocenters. The first kappa shape index (κ1) is 9.71. The number of hydrogen-bond donors (Lipinski definition) is 1. The maximum Gasteiger partial charge on any atom is 0.202 e. The molecule has 14 heavy (non-hydrogen) atoms. The van der Waals surface area contributed by atoms with Gasteiger partial charge in [0, 0.05) is 17.1 Å². The molecule has 1 N–H and O–H groups in total. The Kier molecular flexibility index (Phi) is 2.58. The lowest BCUT2D eigenvalue weighted by molar-refractivity contribution is 1.14. The van der Waals surface area contributed by atoms with Crippen LogP contribution in [0.3, 0.4) is 0 Å². The van der Waals surface area contributed by atoms with E-state index < -0.39 is 0 Å². The third-order valence-corrected chi connectivity index (χ3v) is 3.11. The number of aromatic nitrogens is 1. The second-order valence-corrected chi connectivity index (χ2v) is 4.36. The first-order chi connectivity index (χ1) is 6.72. The minimum absolute atomic E-state index is 0.120. The highest BCUT2D eigenvalue weighted by molar-refractivity contribution is 14.1. The Balaban J connectivity index is 2.85. The fourth-order valence-electron chi connectivity index (χ4n) is 1.46. The summed E-state index contributed by atoms with van der Waals surface area (Å²) < 4.78 is 0.739. The number of aromatic amines is 1. The molecule has 0 saturated carbocycles.